The molecule has 0 spiro atoms. The Hall–Kier alpha value is -1.81. The van der Waals surface area contributed by atoms with Crippen LogP contribution in [0.3, 0.4) is 0 Å². The third kappa shape index (κ3) is 4.08. The second kappa shape index (κ2) is 6.76. The molecule has 21 heavy (non-hydrogen) atoms. The van der Waals surface area contributed by atoms with Crippen molar-refractivity contribution < 1.29 is 13.4 Å². The number of hydrogen-bond acceptors (Lipinski definition) is 2. The predicted octanol–water partition coefficient (Wildman–Crippen LogP) is 3.65. The maximum Gasteiger partial charge on any atom is 0.178 e. The van der Waals surface area contributed by atoms with Gasteiger partial charge in [0.1, 0.15) is 5.82 Å². The van der Waals surface area contributed by atoms with Crippen LogP contribution in [-0.2, 0) is 16.6 Å². The fourth-order valence-electron chi connectivity index (χ4n) is 2.06. The van der Waals surface area contributed by atoms with Crippen LogP contribution in [0.15, 0.2) is 48.5 Å². The first-order chi connectivity index (χ1) is 9.97. The zero-order chi connectivity index (χ0) is 15.4. The molecular weight excluding hydrogens is 287 g/mol. The molecule has 0 radical (unpaired) electrons. The van der Waals surface area contributed by atoms with Crippen LogP contribution >= 0.6 is 0 Å². The summed E-state index contributed by atoms with van der Waals surface area (Å²) in [7, 11) is -1.30. The van der Waals surface area contributed by atoms with Crippen molar-refractivity contribution >= 4 is 16.6 Å². The Morgan fingerprint density at radius 1 is 1.19 bits per heavy atom. The summed E-state index contributed by atoms with van der Waals surface area (Å²) in [6, 6.07) is 13.1. The van der Waals surface area contributed by atoms with Gasteiger partial charge in [0, 0.05) is 22.1 Å². The summed E-state index contributed by atoms with van der Waals surface area (Å²) in [5, 5.41) is -0.615. The molecule has 0 aliphatic rings. The molecule has 2 unspecified atom stereocenters. The predicted molar refractivity (Wildman–Crippen MR) is 83.2 cm³/mol. The fourth-order valence-corrected chi connectivity index (χ4v) is 3.19. The number of carbonyl (C=O) groups excluding carboxylic acids is 1. The first kappa shape index (κ1) is 15.6. The summed E-state index contributed by atoms with van der Waals surface area (Å²) >= 11 is 0. The maximum absolute atomic E-state index is 12.9. The van der Waals surface area contributed by atoms with Crippen LogP contribution < -0.4 is 0 Å². The highest BCUT2D eigenvalue weighted by Gasteiger charge is 2.21. The van der Waals surface area contributed by atoms with E-state index in [0.29, 0.717) is 11.3 Å². The van der Waals surface area contributed by atoms with Crippen LogP contribution in [0.5, 0.6) is 0 Å². The van der Waals surface area contributed by atoms with Crippen molar-refractivity contribution in [3.05, 3.63) is 71.0 Å². The van der Waals surface area contributed by atoms with Crippen molar-refractivity contribution in [1.82, 2.24) is 0 Å². The molecule has 0 heterocycles. The van der Waals surface area contributed by atoms with Crippen LogP contribution in [0.25, 0.3) is 0 Å². The van der Waals surface area contributed by atoms with Gasteiger partial charge in [0.25, 0.3) is 0 Å². The number of carbonyl (C=O) groups is 1. The van der Waals surface area contributed by atoms with Crippen molar-refractivity contribution in [3.63, 3.8) is 0 Å². The van der Waals surface area contributed by atoms with Crippen molar-refractivity contribution in [2.75, 3.05) is 0 Å². The average Bonchev–Trinajstić information content (AvgIpc) is 2.46. The number of hydrogen-bond donors (Lipinski definition) is 0. The minimum atomic E-state index is -1.30. The Morgan fingerprint density at radius 3 is 2.48 bits per heavy atom. The van der Waals surface area contributed by atoms with E-state index < -0.39 is 16.0 Å². The molecule has 0 N–H and O–H groups in total. The summed E-state index contributed by atoms with van der Waals surface area (Å²) < 4.78 is 25.2. The number of Topliss-reactive ketones (excluding diaryl/α,β-unsaturated/α-hetero) is 1. The quantitative estimate of drug-likeness (QED) is 0.790. The van der Waals surface area contributed by atoms with E-state index in [9.17, 15) is 13.4 Å². The molecule has 0 bridgehead atoms. The number of ketones is 1. The monoisotopic (exact) mass is 304 g/mol. The highest BCUT2D eigenvalue weighted by atomic mass is 32.2. The summed E-state index contributed by atoms with van der Waals surface area (Å²) in [6.45, 7) is 3.62. The van der Waals surface area contributed by atoms with Gasteiger partial charge in [-0.3, -0.25) is 9.00 Å². The maximum atomic E-state index is 12.9. The molecule has 0 saturated carbocycles. The summed E-state index contributed by atoms with van der Waals surface area (Å²) in [4.78, 5) is 12.2. The van der Waals surface area contributed by atoms with Crippen LogP contribution in [0.4, 0.5) is 4.39 Å². The first-order valence-corrected chi connectivity index (χ1v) is 8.08. The molecule has 2 aromatic rings. The van der Waals surface area contributed by atoms with Crippen LogP contribution in [0.1, 0.15) is 28.4 Å². The van der Waals surface area contributed by atoms with Gasteiger partial charge in [-0.05, 0) is 43.7 Å². The Balaban J connectivity index is 2.08. The summed E-state index contributed by atoms with van der Waals surface area (Å²) in [5.74, 6) is -0.267. The second-order valence-electron chi connectivity index (χ2n) is 5.03. The zero-order valence-corrected chi connectivity index (χ0v) is 12.8. The normalized spacial score (nSPS) is 13.7. The summed E-state index contributed by atoms with van der Waals surface area (Å²) in [6.07, 6.45) is 0. The Bertz CT molecular complexity index is 665. The molecular formula is C17H17FO2S. The largest absolute Gasteiger partial charge is 0.293 e. The van der Waals surface area contributed by atoms with Crippen molar-refractivity contribution in [2.24, 2.45) is 0 Å². The third-order valence-electron chi connectivity index (χ3n) is 3.28. The Morgan fingerprint density at radius 2 is 1.86 bits per heavy atom. The lowest BCUT2D eigenvalue weighted by atomic mass is 10.1. The van der Waals surface area contributed by atoms with Gasteiger partial charge in [-0.25, -0.2) is 4.39 Å². The van der Waals surface area contributed by atoms with Crippen molar-refractivity contribution in [2.45, 2.75) is 24.9 Å². The van der Waals surface area contributed by atoms with Gasteiger partial charge < -0.3 is 0 Å². The minimum absolute atomic E-state index is 0.221. The van der Waals surface area contributed by atoms with Gasteiger partial charge >= 0.3 is 0 Å². The van der Waals surface area contributed by atoms with Crippen molar-refractivity contribution in [3.8, 4) is 0 Å². The van der Waals surface area contributed by atoms with Crippen LogP contribution in [-0.4, -0.2) is 15.2 Å². The molecule has 4 heteroatoms. The lowest BCUT2D eigenvalue weighted by Gasteiger charge is -2.11. The topological polar surface area (TPSA) is 34.1 Å². The first-order valence-electron chi connectivity index (χ1n) is 6.70. The van der Waals surface area contributed by atoms with Gasteiger partial charge in [0.2, 0.25) is 0 Å². The van der Waals surface area contributed by atoms with E-state index in [1.54, 1.807) is 6.92 Å². The van der Waals surface area contributed by atoms with Crippen LogP contribution in [0, 0.1) is 12.7 Å². The molecule has 110 valence electrons. The number of aryl methyl sites for hydroxylation is 1. The van der Waals surface area contributed by atoms with Gasteiger partial charge in [-0.2, -0.15) is 0 Å². The number of rotatable bonds is 5. The highest BCUT2D eigenvalue weighted by Crippen LogP contribution is 2.14. The van der Waals surface area contributed by atoms with Crippen LogP contribution in [0.2, 0.25) is 0 Å². The lowest BCUT2D eigenvalue weighted by molar-refractivity contribution is 0.0992. The van der Waals surface area contributed by atoms with E-state index >= 15 is 0 Å². The van der Waals surface area contributed by atoms with Gasteiger partial charge in [-0.1, -0.05) is 29.8 Å². The van der Waals surface area contributed by atoms with Crippen molar-refractivity contribution in [1.29, 1.82) is 0 Å². The molecule has 0 amide bonds. The smallest absolute Gasteiger partial charge is 0.178 e. The zero-order valence-electron chi connectivity index (χ0n) is 12.0. The minimum Gasteiger partial charge on any atom is -0.293 e. The Kier molecular flexibility index (Phi) is 5.02. The highest BCUT2D eigenvalue weighted by molar-refractivity contribution is 7.85. The molecule has 2 aromatic carbocycles. The van der Waals surface area contributed by atoms with E-state index in [1.807, 2.05) is 31.2 Å². The fraction of sp³-hybridized carbons (Fsp3) is 0.235. The van der Waals surface area contributed by atoms with Gasteiger partial charge in [0.15, 0.2) is 5.78 Å². The number of halogens is 1. The SMILES string of the molecule is Cc1cccc(CS(=O)C(C)C(=O)c2ccc(F)cc2)c1. The molecule has 0 aromatic heterocycles. The molecule has 0 saturated heterocycles. The number of benzene rings is 2. The van der Waals surface area contributed by atoms with E-state index in [4.69, 9.17) is 0 Å². The van der Waals surface area contributed by atoms with E-state index in [1.165, 1.54) is 24.3 Å². The standard InChI is InChI=1S/C17H17FO2S/c1-12-4-3-5-14(10-12)11-21(20)13(2)17(19)15-6-8-16(18)9-7-15/h3-10,13H,11H2,1-2H3. The van der Waals surface area contributed by atoms with E-state index in [2.05, 4.69) is 0 Å². The lowest BCUT2D eigenvalue weighted by Crippen LogP contribution is -2.23. The molecule has 0 aliphatic carbocycles. The molecule has 2 nitrogen and oxygen atoms in total. The second-order valence-corrected chi connectivity index (χ2v) is 6.78. The molecule has 0 aliphatic heterocycles. The van der Waals surface area contributed by atoms with Gasteiger partial charge in [-0.15, -0.1) is 0 Å². The molecule has 2 atom stereocenters. The summed E-state index contributed by atoms with van der Waals surface area (Å²) in [5.41, 5.74) is 2.44. The Labute approximate surface area is 126 Å². The van der Waals surface area contributed by atoms with E-state index in [-0.39, 0.29) is 11.6 Å². The molecule has 0 fully saturated rings. The van der Waals surface area contributed by atoms with Gasteiger partial charge in [0.05, 0.1) is 5.25 Å². The average molecular weight is 304 g/mol. The third-order valence-corrected chi connectivity index (χ3v) is 4.90. The van der Waals surface area contributed by atoms with E-state index in [0.717, 1.165) is 11.1 Å². The molecule has 2 rings (SSSR count).